The average Bonchev–Trinajstić information content (AvgIpc) is 2.61. The second kappa shape index (κ2) is 8.64. The summed E-state index contributed by atoms with van der Waals surface area (Å²) in [6.07, 6.45) is 0.735. The van der Waals surface area contributed by atoms with E-state index >= 15 is 0 Å². The second-order valence-corrected chi connectivity index (χ2v) is 6.72. The van der Waals surface area contributed by atoms with E-state index in [2.05, 4.69) is 0 Å². The topological polar surface area (TPSA) is 78.9 Å². The van der Waals surface area contributed by atoms with Crippen LogP contribution < -0.4 is 4.18 Å². The van der Waals surface area contributed by atoms with Crippen molar-refractivity contribution < 1.29 is 26.9 Å². The summed E-state index contributed by atoms with van der Waals surface area (Å²) in [6, 6.07) is 12.2. The average molecular weight is 364 g/mol. The number of methoxy groups -OCH3 is 1. The van der Waals surface area contributed by atoms with Crippen LogP contribution in [0.3, 0.4) is 0 Å². The summed E-state index contributed by atoms with van der Waals surface area (Å²) in [5, 5.41) is 0. The van der Waals surface area contributed by atoms with Crippen LogP contribution in [0.5, 0.6) is 5.75 Å². The molecule has 0 spiro atoms. The predicted octanol–water partition coefficient (Wildman–Crippen LogP) is 2.82. The summed E-state index contributed by atoms with van der Waals surface area (Å²) in [6.45, 7) is 2.54. The molecule has 0 saturated carbocycles. The zero-order valence-corrected chi connectivity index (χ0v) is 14.9. The minimum atomic E-state index is -3.97. The third-order valence-corrected chi connectivity index (χ3v) is 4.64. The zero-order chi connectivity index (χ0) is 18.3. The highest BCUT2D eigenvalue weighted by Crippen LogP contribution is 2.20. The molecule has 0 fully saturated rings. The van der Waals surface area contributed by atoms with Gasteiger partial charge in [0.1, 0.15) is 10.6 Å². The first-order valence-corrected chi connectivity index (χ1v) is 9.16. The van der Waals surface area contributed by atoms with Crippen LogP contribution >= 0.6 is 0 Å². The van der Waals surface area contributed by atoms with Gasteiger partial charge >= 0.3 is 16.1 Å². The number of hydrogen-bond donors (Lipinski definition) is 0. The van der Waals surface area contributed by atoms with Crippen LogP contribution in [0.1, 0.15) is 22.8 Å². The van der Waals surface area contributed by atoms with E-state index in [4.69, 9.17) is 13.7 Å². The van der Waals surface area contributed by atoms with Gasteiger partial charge < -0.3 is 13.7 Å². The van der Waals surface area contributed by atoms with Crippen molar-refractivity contribution in [1.29, 1.82) is 0 Å². The largest absolute Gasteiger partial charge is 0.462 e. The van der Waals surface area contributed by atoms with Gasteiger partial charge in [0.2, 0.25) is 0 Å². The fourth-order valence-electron chi connectivity index (χ4n) is 2.08. The highest BCUT2D eigenvalue weighted by atomic mass is 32.2. The van der Waals surface area contributed by atoms with Crippen molar-refractivity contribution in [2.75, 3.05) is 20.3 Å². The molecule has 0 N–H and O–H groups in total. The van der Waals surface area contributed by atoms with Gasteiger partial charge in [-0.2, -0.15) is 8.42 Å². The van der Waals surface area contributed by atoms with Gasteiger partial charge in [0, 0.05) is 7.11 Å². The first kappa shape index (κ1) is 19.0. The van der Waals surface area contributed by atoms with Gasteiger partial charge in [-0.05, 0) is 55.3 Å². The number of rotatable bonds is 8. The SMILES string of the molecule is CCOC(=O)c1ccc(S(=O)(=O)Oc2ccc(CCOC)cc2)cc1. The van der Waals surface area contributed by atoms with Crippen LogP contribution in [0.15, 0.2) is 53.4 Å². The van der Waals surface area contributed by atoms with Crippen molar-refractivity contribution in [3.05, 3.63) is 59.7 Å². The van der Waals surface area contributed by atoms with Gasteiger partial charge in [0.25, 0.3) is 0 Å². The molecule has 0 heterocycles. The fraction of sp³-hybridized carbons (Fsp3) is 0.278. The number of carbonyl (C=O) groups excluding carboxylic acids is 1. The summed E-state index contributed by atoms with van der Waals surface area (Å²) in [5.41, 5.74) is 1.30. The van der Waals surface area contributed by atoms with Crippen LogP contribution in [0.2, 0.25) is 0 Å². The van der Waals surface area contributed by atoms with Crippen molar-refractivity contribution in [2.24, 2.45) is 0 Å². The lowest BCUT2D eigenvalue weighted by atomic mass is 10.1. The third kappa shape index (κ3) is 5.30. The summed E-state index contributed by atoms with van der Waals surface area (Å²) in [7, 11) is -2.35. The molecule has 0 aliphatic heterocycles. The number of benzene rings is 2. The Morgan fingerprint density at radius 2 is 1.64 bits per heavy atom. The maximum Gasteiger partial charge on any atom is 0.339 e. The molecular formula is C18H20O6S. The Morgan fingerprint density at radius 1 is 1.00 bits per heavy atom. The molecule has 7 heteroatoms. The Kier molecular flexibility index (Phi) is 6.55. The smallest absolute Gasteiger partial charge is 0.339 e. The zero-order valence-electron chi connectivity index (χ0n) is 14.1. The van der Waals surface area contributed by atoms with E-state index in [0.29, 0.717) is 6.61 Å². The van der Waals surface area contributed by atoms with Crippen LogP contribution in [-0.2, 0) is 26.0 Å². The molecule has 0 radical (unpaired) electrons. The van der Waals surface area contributed by atoms with Gasteiger partial charge in [0.15, 0.2) is 0 Å². The maximum atomic E-state index is 12.3. The summed E-state index contributed by atoms with van der Waals surface area (Å²) >= 11 is 0. The lowest BCUT2D eigenvalue weighted by Gasteiger charge is -2.08. The Labute approximate surface area is 147 Å². The molecule has 0 aromatic heterocycles. The quantitative estimate of drug-likeness (QED) is 0.529. The molecule has 2 aromatic carbocycles. The molecule has 2 aromatic rings. The number of ether oxygens (including phenoxy) is 2. The van der Waals surface area contributed by atoms with E-state index < -0.39 is 16.1 Å². The van der Waals surface area contributed by atoms with Crippen molar-refractivity contribution in [3.8, 4) is 5.75 Å². The normalized spacial score (nSPS) is 11.1. The van der Waals surface area contributed by atoms with Gasteiger partial charge in [-0.25, -0.2) is 4.79 Å². The second-order valence-electron chi connectivity index (χ2n) is 5.17. The van der Waals surface area contributed by atoms with Crippen LogP contribution in [0, 0.1) is 0 Å². The van der Waals surface area contributed by atoms with Crippen molar-refractivity contribution in [2.45, 2.75) is 18.2 Å². The molecule has 0 saturated heterocycles. The van der Waals surface area contributed by atoms with Crippen LogP contribution in [0.4, 0.5) is 0 Å². The van der Waals surface area contributed by atoms with E-state index in [0.717, 1.165) is 12.0 Å². The Morgan fingerprint density at radius 3 is 2.20 bits per heavy atom. The van der Waals surface area contributed by atoms with E-state index in [-0.39, 0.29) is 22.8 Å². The van der Waals surface area contributed by atoms with Gasteiger partial charge in [-0.1, -0.05) is 12.1 Å². The van der Waals surface area contributed by atoms with Gasteiger partial charge in [-0.3, -0.25) is 0 Å². The van der Waals surface area contributed by atoms with Crippen molar-refractivity contribution >= 4 is 16.1 Å². The molecule has 0 amide bonds. The summed E-state index contributed by atoms with van der Waals surface area (Å²) < 4.78 is 39.6. The lowest BCUT2D eigenvalue weighted by molar-refractivity contribution is 0.0526. The highest BCUT2D eigenvalue weighted by Gasteiger charge is 2.17. The Balaban J connectivity index is 2.09. The fourth-order valence-corrected chi connectivity index (χ4v) is 3.01. The van der Waals surface area contributed by atoms with E-state index in [1.807, 2.05) is 0 Å². The number of esters is 1. The summed E-state index contributed by atoms with van der Waals surface area (Å²) in [5.74, 6) is -0.283. The van der Waals surface area contributed by atoms with Gasteiger partial charge in [0.05, 0.1) is 18.8 Å². The first-order valence-electron chi connectivity index (χ1n) is 7.76. The third-order valence-electron chi connectivity index (χ3n) is 3.38. The van der Waals surface area contributed by atoms with Gasteiger partial charge in [-0.15, -0.1) is 0 Å². The monoisotopic (exact) mass is 364 g/mol. The molecule has 6 nitrogen and oxygen atoms in total. The number of carbonyl (C=O) groups is 1. The number of hydrogen-bond acceptors (Lipinski definition) is 6. The maximum absolute atomic E-state index is 12.3. The van der Waals surface area contributed by atoms with E-state index in [1.165, 1.54) is 24.3 Å². The lowest BCUT2D eigenvalue weighted by Crippen LogP contribution is -2.11. The first-order chi connectivity index (χ1) is 12.0. The molecule has 2 rings (SSSR count). The molecule has 0 unspecified atom stereocenters. The molecular weight excluding hydrogens is 344 g/mol. The van der Waals surface area contributed by atoms with E-state index in [1.54, 1.807) is 38.3 Å². The van der Waals surface area contributed by atoms with Crippen molar-refractivity contribution in [1.82, 2.24) is 0 Å². The van der Waals surface area contributed by atoms with E-state index in [9.17, 15) is 13.2 Å². The molecule has 0 aliphatic carbocycles. The highest BCUT2D eigenvalue weighted by molar-refractivity contribution is 7.87. The molecule has 134 valence electrons. The predicted molar refractivity (Wildman–Crippen MR) is 92.2 cm³/mol. The Bertz CT molecular complexity index is 794. The molecule has 25 heavy (non-hydrogen) atoms. The Hall–Kier alpha value is -2.38. The minimum absolute atomic E-state index is 0.0380. The molecule has 0 bridgehead atoms. The molecule has 0 aliphatic rings. The standard InChI is InChI=1S/C18H20O6S/c1-3-23-18(19)15-6-10-17(11-7-15)25(20,21)24-16-8-4-14(5-9-16)12-13-22-2/h4-11H,3,12-13H2,1-2H3. The van der Waals surface area contributed by atoms with Crippen LogP contribution in [-0.4, -0.2) is 34.7 Å². The van der Waals surface area contributed by atoms with Crippen molar-refractivity contribution in [3.63, 3.8) is 0 Å². The summed E-state index contributed by atoms with van der Waals surface area (Å²) in [4.78, 5) is 11.6. The van der Waals surface area contributed by atoms with Crippen LogP contribution in [0.25, 0.3) is 0 Å². The minimum Gasteiger partial charge on any atom is -0.462 e. The molecule has 0 atom stereocenters.